The molecular weight excluding hydrogens is 468 g/mol. The first kappa shape index (κ1) is 22.3. The zero-order valence-corrected chi connectivity index (χ0v) is 19.6. The van der Waals surface area contributed by atoms with Gasteiger partial charge in [0.25, 0.3) is 0 Å². The highest BCUT2D eigenvalue weighted by atomic mass is 79.9. The molecule has 4 rings (SSSR count). The molecule has 2 N–H and O–H groups in total. The first-order chi connectivity index (χ1) is 15.5. The van der Waals surface area contributed by atoms with E-state index in [2.05, 4.69) is 21.2 Å². The summed E-state index contributed by atoms with van der Waals surface area (Å²) in [7, 11) is 0. The molecule has 1 unspecified atom stereocenters. The molecule has 0 radical (unpaired) electrons. The number of hydrogen-bond donors (Lipinski definition) is 2. The summed E-state index contributed by atoms with van der Waals surface area (Å²) in [6, 6.07) is 17.6. The largest absolute Gasteiger partial charge is 0.506 e. The molecule has 2 amide bonds. The van der Waals surface area contributed by atoms with Gasteiger partial charge in [0.1, 0.15) is 11.8 Å². The van der Waals surface area contributed by atoms with Crippen molar-refractivity contribution >= 4 is 44.2 Å². The fraction of sp³-hybridized carbons (Fsp3) is 0.308. The van der Waals surface area contributed by atoms with E-state index in [0.29, 0.717) is 11.3 Å². The third kappa shape index (κ3) is 4.65. The summed E-state index contributed by atoms with van der Waals surface area (Å²) in [5.41, 5.74) is 0.985. The van der Waals surface area contributed by atoms with Crippen LogP contribution in [0.2, 0.25) is 0 Å². The van der Waals surface area contributed by atoms with E-state index in [0.717, 1.165) is 40.9 Å². The molecule has 3 aromatic rings. The molecule has 0 saturated heterocycles. The zero-order valence-electron chi connectivity index (χ0n) is 18.1. The van der Waals surface area contributed by atoms with Crippen molar-refractivity contribution < 1.29 is 14.7 Å². The summed E-state index contributed by atoms with van der Waals surface area (Å²) >= 11 is 3.56. The molecule has 0 aromatic heterocycles. The molecular formula is C26H27BrN2O3. The second kappa shape index (κ2) is 9.74. The van der Waals surface area contributed by atoms with Gasteiger partial charge in [-0.15, -0.1) is 0 Å². The third-order valence-electron chi connectivity index (χ3n) is 6.10. The van der Waals surface area contributed by atoms with Crippen molar-refractivity contribution in [3.8, 4) is 5.75 Å². The van der Waals surface area contributed by atoms with Crippen molar-refractivity contribution in [1.29, 1.82) is 0 Å². The Morgan fingerprint density at radius 3 is 2.28 bits per heavy atom. The van der Waals surface area contributed by atoms with Crippen LogP contribution < -0.4 is 10.2 Å². The highest BCUT2D eigenvalue weighted by molar-refractivity contribution is 9.10. The van der Waals surface area contributed by atoms with E-state index in [9.17, 15) is 14.7 Å². The number of anilines is 1. The quantitative estimate of drug-likeness (QED) is 0.467. The molecule has 5 nitrogen and oxygen atoms in total. The standard InChI is InChI=1S/C26H27BrN2O3/c1-17(30)29(23-15-18-9-5-6-10-19(18)16-24(23)31)25(21-13-7-8-14-22(21)27)26(32)28-20-11-3-2-4-12-20/h5-10,13-16,20,25,31H,2-4,11-12H2,1H3,(H,28,32). The Morgan fingerprint density at radius 1 is 1.00 bits per heavy atom. The average Bonchev–Trinajstić information content (AvgIpc) is 2.78. The number of phenols is 1. The van der Waals surface area contributed by atoms with E-state index in [4.69, 9.17) is 0 Å². The summed E-state index contributed by atoms with van der Waals surface area (Å²) in [6.07, 6.45) is 5.25. The molecule has 1 fully saturated rings. The number of hydrogen-bond acceptors (Lipinski definition) is 3. The number of fused-ring (bicyclic) bond motifs is 1. The number of benzene rings is 3. The Kier molecular flexibility index (Phi) is 6.80. The smallest absolute Gasteiger partial charge is 0.248 e. The molecule has 32 heavy (non-hydrogen) atoms. The molecule has 1 saturated carbocycles. The number of aromatic hydroxyl groups is 1. The fourth-order valence-electron chi connectivity index (χ4n) is 4.52. The molecule has 0 aliphatic heterocycles. The Morgan fingerprint density at radius 2 is 1.62 bits per heavy atom. The summed E-state index contributed by atoms with van der Waals surface area (Å²) in [4.78, 5) is 28.0. The predicted molar refractivity (Wildman–Crippen MR) is 131 cm³/mol. The van der Waals surface area contributed by atoms with Crippen LogP contribution in [0, 0.1) is 0 Å². The van der Waals surface area contributed by atoms with Crippen LogP contribution in [0.4, 0.5) is 5.69 Å². The average molecular weight is 495 g/mol. The number of halogens is 1. The topological polar surface area (TPSA) is 69.6 Å². The van der Waals surface area contributed by atoms with Crippen molar-refractivity contribution in [3.63, 3.8) is 0 Å². The van der Waals surface area contributed by atoms with E-state index in [1.807, 2.05) is 48.5 Å². The van der Waals surface area contributed by atoms with Crippen LogP contribution in [0.25, 0.3) is 10.8 Å². The number of nitrogens with one attached hydrogen (secondary N) is 1. The van der Waals surface area contributed by atoms with Gasteiger partial charge in [0, 0.05) is 17.4 Å². The molecule has 6 heteroatoms. The van der Waals surface area contributed by atoms with Crippen LogP contribution in [0.15, 0.2) is 65.1 Å². The van der Waals surface area contributed by atoms with E-state index in [1.165, 1.54) is 18.2 Å². The van der Waals surface area contributed by atoms with Crippen molar-refractivity contribution in [1.82, 2.24) is 5.32 Å². The van der Waals surface area contributed by atoms with Gasteiger partial charge in [0.2, 0.25) is 11.8 Å². The molecule has 1 atom stereocenters. The Bertz CT molecular complexity index is 1140. The number of amides is 2. The second-order valence-corrected chi connectivity index (χ2v) is 9.20. The van der Waals surface area contributed by atoms with Gasteiger partial charge < -0.3 is 10.4 Å². The van der Waals surface area contributed by atoms with E-state index >= 15 is 0 Å². The van der Waals surface area contributed by atoms with E-state index < -0.39 is 6.04 Å². The minimum absolute atomic E-state index is 0.0404. The molecule has 3 aromatic carbocycles. The highest BCUT2D eigenvalue weighted by Crippen LogP contribution is 2.39. The first-order valence-electron chi connectivity index (χ1n) is 11.0. The van der Waals surface area contributed by atoms with Crippen LogP contribution in [-0.4, -0.2) is 23.0 Å². The van der Waals surface area contributed by atoms with Gasteiger partial charge >= 0.3 is 0 Å². The van der Waals surface area contributed by atoms with Crippen molar-refractivity contribution in [3.05, 3.63) is 70.7 Å². The van der Waals surface area contributed by atoms with Gasteiger partial charge in [-0.2, -0.15) is 0 Å². The van der Waals surface area contributed by atoms with Crippen molar-refractivity contribution in [2.24, 2.45) is 0 Å². The van der Waals surface area contributed by atoms with Crippen LogP contribution in [0.5, 0.6) is 5.75 Å². The lowest BCUT2D eigenvalue weighted by Gasteiger charge is -2.33. The number of rotatable bonds is 5. The maximum absolute atomic E-state index is 13.7. The number of carbonyl (C=O) groups excluding carboxylic acids is 2. The van der Waals surface area contributed by atoms with Gasteiger partial charge in [-0.05, 0) is 47.4 Å². The zero-order chi connectivity index (χ0) is 22.7. The maximum atomic E-state index is 13.7. The Balaban J connectivity index is 1.81. The third-order valence-corrected chi connectivity index (χ3v) is 6.82. The predicted octanol–water partition coefficient (Wildman–Crippen LogP) is 5.85. The van der Waals surface area contributed by atoms with Gasteiger partial charge in [0.15, 0.2) is 0 Å². The summed E-state index contributed by atoms with van der Waals surface area (Å²) in [6.45, 7) is 1.42. The molecule has 0 spiro atoms. The lowest BCUT2D eigenvalue weighted by molar-refractivity contribution is -0.126. The Hall–Kier alpha value is -2.86. The minimum atomic E-state index is -0.919. The van der Waals surface area contributed by atoms with Gasteiger partial charge in [-0.3, -0.25) is 14.5 Å². The fourth-order valence-corrected chi connectivity index (χ4v) is 5.02. The molecule has 1 aliphatic rings. The monoisotopic (exact) mass is 494 g/mol. The minimum Gasteiger partial charge on any atom is -0.506 e. The lowest BCUT2D eigenvalue weighted by atomic mass is 9.94. The molecule has 166 valence electrons. The lowest BCUT2D eigenvalue weighted by Crippen LogP contribution is -2.47. The summed E-state index contributed by atoms with van der Waals surface area (Å²) in [5.74, 6) is -0.608. The van der Waals surface area contributed by atoms with E-state index in [1.54, 1.807) is 12.1 Å². The molecule has 1 aliphatic carbocycles. The number of carbonyl (C=O) groups is 2. The highest BCUT2D eigenvalue weighted by Gasteiger charge is 2.35. The SMILES string of the molecule is CC(=O)N(c1cc2ccccc2cc1O)C(C(=O)NC1CCCCC1)c1ccccc1Br. The molecule has 0 bridgehead atoms. The maximum Gasteiger partial charge on any atom is 0.248 e. The number of phenolic OH excluding ortho intramolecular Hbond substituents is 1. The normalized spacial score (nSPS) is 15.3. The second-order valence-electron chi connectivity index (χ2n) is 8.34. The van der Waals surface area contributed by atoms with Crippen molar-refractivity contribution in [2.45, 2.75) is 51.1 Å². The van der Waals surface area contributed by atoms with Crippen LogP contribution in [-0.2, 0) is 9.59 Å². The van der Waals surface area contributed by atoms with Gasteiger partial charge in [0.05, 0.1) is 5.69 Å². The van der Waals surface area contributed by atoms with Crippen LogP contribution in [0.1, 0.15) is 50.6 Å². The summed E-state index contributed by atoms with van der Waals surface area (Å²) in [5, 5.41) is 15.8. The number of nitrogens with zero attached hydrogens (tertiary/aromatic N) is 1. The van der Waals surface area contributed by atoms with Crippen LogP contribution >= 0.6 is 15.9 Å². The van der Waals surface area contributed by atoms with Gasteiger partial charge in [-0.25, -0.2) is 0 Å². The summed E-state index contributed by atoms with van der Waals surface area (Å²) < 4.78 is 0.732. The Labute approximate surface area is 196 Å². The van der Waals surface area contributed by atoms with Crippen LogP contribution in [0.3, 0.4) is 0 Å². The van der Waals surface area contributed by atoms with E-state index in [-0.39, 0.29) is 23.6 Å². The van der Waals surface area contributed by atoms with Gasteiger partial charge in [-0.1, -0.05) is 77.7 Å². The molecule has 0 heterocycles. The van der Waals surface area contributed by atoms with Crippen molar-refractivity contribution in [2.75, 3.05) is 4.90 Å². The first-order valence-corrected chi connectivity index (χ1v) is 11.8.